The number of benzene rings is 1. The molecule has 0 bridgehead atoms. The fourth-order valence-corrected chi connectivity index (χ4v) is 5.02. The van der Waals surface area contributed by atoms with Gasteiger partial charge in [-0.1, -0.05) is 37.3 Å². The molecule has 2 N–H and O–H groups in total. The molecule has 3 aromatic heterocycles. The number of hydrogen-bond acceptors (Lipinski definition) is 4. The van der Waals surface area contributed by atoms with Gasteiger partial charge in [0.25, 0.3) is 0 Å². The number of para-hydroxylation sites is 1. The van der Waals surface area contributed by atoms with E-state index in [-0.39, 0.29) is 18.0 Å². The molecular formula is C28H28N6OS. The zero-order chi connectivity index (χ0) is 24.9. The van der Waals surface area contributed by atoms with Crippen molar-refractivity contribution in [3.63, 3.8) is 0 Å². The van der Waals surface area contributed by atoms with Crippen molar-refractivity contribution in [1.29, 1.82) is 0 Å². The van der Waals surface area contributed by atoms with Crippen molar-refractivity contribution < 1.29 is 4.79 Å². The summed E-state index contributed by atoms with van der Waals surface area (Å²) in [6, 6.07) is 23.4. The Kier molecular flexibility index (Phi) is 7.04. The van der Waals surface area contributed by atoms with E-state index < -0.39 is 0 Å². The Labute approximate surface area is 216 Å². The van der Waals surface area contributed by atoms with Crippen molar-refractivity contribution in [3.8, 4) is 5.82 Å². The van der Waals surface area contributed by atoms with Crippen LogP contribution in [0.4, 0.5) is 5.69 Å². The van der Waals surface area contributed by atoms with Gasteiger partial charge in [-0.2, -0.15) is 0 Å². The minimum atomic E-state index is -0.167. The van der Waals surface area contributed by atoms with E-state index in [4.69, 9.17) is 12.2 Å². The van der Waals surface area contributed by atoms with Gasteiger partial charge in [0.1, 0.15) is 5.82 Å². The highest BCUT2D eigenvalue weighted by molar-refractivity contribution is 7.80. The molecule has 1 aliphatic rings. The molecule has 1 fully saturated rings. The van der Waals surface area contributed by atoms with Crippen LogP contribution in [0, 0.1) is 0 Å². The first-order valence-corrected chi connectivity index (χ1v) is 12.5. The van der Waals surface area contributed by atoms with Crippen molar-refractivity contribution in [2.75, 3.05) is 11.9 Å². The predicted molar refractivity (Wildman–Crippen MR) is 145 cm³/mol. The molecule has 5 rings (SSSR count). The van der Waals surface area contributed by atoms with E-state index >= 15 is 0 Å². The summed E-state index contributed by atoms with van der Waals surface area (Å²) in [4.78, 5) is 24.2. The number of thiocarbonyl (C=S) groups is 1. The lowest BCUT2D eigenvalue weighted by molar-refractivity contribution is -0.116. The molecule has 0 saturated carbocycles. The number of pyridine rings is 2. The molecule has 1 amide bonds. The van der Waals surface area contributed by atoms with Crippen LogP contribution in [0.15, 0.2) is 91.4 Å². The highest BCUT2D eigenvalue weighted by atomic mass is 32.1. The molecule has 4 aromatic rings. The van der Waals surface area contributed by atoms with Crippen LogP contribution >= 0.6 is 12.2 Å². The van der Waals surface area contributed by atoms with Crippen molar-refractivity contribution >= 4 is 28.9 Å². The topological polar surface area (TPSA) is 75.1 Å². The molecule has 4 heterocycles. The van der Waals surface area contributed by atoms with Crippen molar-refractivity contribution in [2.45, 2.75) is 31.8 Å². The molecule has 0 aliphatic carbocycles. The maximum absolute atomic E-state index is 12.9. The summed E-state index contributed by atoms with van der Waals surface area (Å²) in [5.74, 6) is 0.780. The van der Waals surface area contributed by atoms with E-state index in [1.165, 1.54) is 0 Å². The number of hydrogen-bond donors (Lipinski definition) is 2. The second-order valence-electron chi connectivity index (χ2n) is 8.62. The first-order chi connectivity index (χ1) is 17.7. The summed E-state index contributed by atoms with van der Waals surface area (Å²) in [5.41, 5.74) is 3.89. The third-order valence-corrected chi connectivity index (χ3v) is 6.78. The summed E-state index contributed by atoms with van der Waals surface area (Å²) in [6.45, 7) is 2.55. The highest BCUT2D eigenvalue weighted by Crippen LogP contribution is 2.39. The van der Waals surface area contributed by atoms with E-state index in [2.05, 4.69) is 43.1 Å². The average Bonchev–Trinajstić information content (AvgIpc) is 3.53. The van der Waals surface area contributed by atoms with Crippen LogP contribution < -0.4 is 10.6 Å². The van der Waals surface area contributed by atoms with Crippen molar-refractivity contribution in [1.82, 2.24) is 24.8 Å². The van der Waals surface area contributed by atoms with Crippen LogP contribution in [-0.2, 0) is 11.2 Å². The first-order valence-electron chi connectivity index (χ1n) is 12.1. The van der Waals surface area contributed by atoms with Gasteiger partial charge in [0.2, 0.25) is 5.91 Å². The number of aryl methyl sites for hydroxylation is 1. The average molecular weight is 497 g/mol. The molecule has 1 aliphatic heterocycles. The Morgan fingerprint density at radius 3 is 2.53 bits per heavy atom. The molecule has 1 saturated heterocycles. The Morgan fingerprint density at radius 2 is 1.78 bits per heavy atom. The molecule has 8 heteroatoms. The lowest BCUT2D eigenvalue weighted by atomic mass is 10.0. The van der Waals surface area contributed by atoms with E-state index in [1.807, 2.05) is 72.9 Å². The van der Waals surface area contributed by atoms with Gasteiger partial charge in [0.15, 0.2) is 5.11 Å². The van der Waals surface area contributed by atoms with Crippen molar-refractivity contribution in [3.05, 3.63) is 108 Å². The largest absolute Gasteiger partial charge is 0.352 e. The number of carbonyl (C=O) groups is 1. The van der Waals surface area contributed by atoms with Gasteiger partial charge >= 0.3 is 0 Å². The van der Waals surface area contributed by atoms with Crippen LogP contribution in [-0.4, -0.2) is 37.0 Å². The first kappa shape index (κ1) is 23.7. The maximum atomic E-state index is 12.9. The smallest absolute Gasteiger partial charge is 0.226 e. The van der Waals surface area contributed by atoms with Gasteiger partial charge in [-0.3, -0.25) is 9.78 Å². The fraction of sp³-hybridized carbons (Fsp3) is 0.214. The number of anilines is 1. The monoisotopic (exact) mass is 496 g/mol. The zero-order valence-corrected chi connectivity index (χ0v) is 20.9. The Hall–Kier alpha value is -4.04. The SMILES string of the molecule is CCc1ccccc1NC(=O)CCN1C(=S)NC(c2ccccn2)C1c1cccn1-c1ccccn1. The Bertz CT molecular complexity index is 1340. The quantitative estimate of drug-likeness (QED) is 0.340. The molecule has 1 aromatic carbocycles. The summed E-state index contributed by atoms with van der Waals surface area (Å²) in [5, 5.41) is 7.13. The standard InChI is InChI=1S/C28H28N6OS/c1-2-20-10-3-4-11-21(20)31-25(35)15-19-34-27(26(32-28(34)36)22-12-5-7-16-29-22)23-13-9-18-33(23)24-14-6-8-17-30-24/h3-14,16-18,26-27H,2,15,19H2,1H3,(H,31,35)(H,32,36). The molecule has 0 spiro atoms. The van der Waals surface area contributed by atoms with Crippen LogP contribution in [0.1, 0.15) is 42.4 Å². The molecule has 2 unspecified atom stereocenters. The molecule has 182 valence electrons. The Balaban J connectivity index is 1.43. The van der Waals surface area contributed by atoms with Gasteiger partial charge in [-0.05, 0) is 66.7 Å². The minimum absolute atomic E-state index is 0.0427. The van der Waals surface area contributed by atoms with Gasteiger partial charge in [0, 0.05) is 42.9 Å². The lowest BCUT2D eigenvalue weighted by Gasteiger charge is -2.28. The van der Waals surface area contributed by atoms with Crippen LogP contribution in [0.2, 0.25) is 0 Å². The number of nitrogens with zero attached hydrogens (tertiary/aromatic N) is 4. The van der Waals surface area contributed by atoms with Gasteiger partial charge < -0.3 is 20.1 Å². The third kappa shape index (κ3) is 4.85. The second kappa shape index (κ2) is 10.7. The fourth-order valence-electron chi connectivity index (χ4n) is 4.69. The number of nitrogens with one attached hydrogen (secondary N) is 2. The lowest BCUT2D eigenvalue weighted by Crippen LogP contribution is -2.33. The summed E-state index contributed by atoms with van der Waals surface area (Å²) in [7, 11) is 0. The van der Waals surface area contributed by atoms with Crippen LogP contribution in [0.25, 0.3) is 5.82 Å². The summed E-state index contributed by atoms with van der Waals surface area (Å²) >= 11 is 5.78. The molecule has 36 heavy (non-hydrogen) atoms. The number of carbonyl (C=O) groups excluding carboxylic acids is 1. The van der Waals surface area contributed by atoms with E-state index in [0.29, 0.717) is 18.1 Å². The number of aromatic nitrogens is 3. The minimum Gasteiger partial charge on any atom is -0.352 e. The van der Waals surface area contributed by atoms with Gasteiger partial charge in [-0.15, -0.1) is 0 Å². The summed E-state index contributed by atoms with van der Waals surface area (Å²) < 4.78 is 2.07. The van der Waals surface area contributed by atoms with Gasteiger partial charge in [-0.25, -0.2) is 4.98 Å². The van der Waals surface area contributed by atoms with E-state index in [1.54, 1.807) is 12.4 Å². The second-order valence-corrected chi connectivity index (χ2v) is 9.01. The van der Waals surface area contributed by atoms with Crippen molar-refractivity contribution in [2.24, 2.45) is 0 Å². The molecule has 7 nitrogen and oxygen atoms in total. The molecular weight excluding hydrogens is 468 g/mol. The summed E-state index contributed by atoms with van der Waals surface area (Å²) in [6.07, 6.45) is 6.73. The van der Waals surface area contributed by atoms with Gasteiger partial charge in [0.05, 0.1) is 17.8 Å². The Morgan fingerprint density at radius 1 is 1.00 bits per heavy atom. The zero-order valence-electron chi connectivity index (χ0n) is 20.0. The third-order valence-electron chi connectivity index (χ3n) is 6.43. The predicted octanol–water partition coefficient (Wildman–Crippen LogP) is 4.83. The van der Waals surface area contributed by atoms with E-state index in [9.17, 15) is 4.79 Å². The maximum Gasteiger partial charge on any atom is 0.226 e. The number of amides is 1. The van der Waals surface area contributed by atoms with Crippen LogP contribution in [0.3, 0.4) is 0 Å². The molecule has 2 atom stereocenters. The molecule has 0 radical (unpaired) electrons. The number of rotatable bonds is 8. The normalized spacial score (nSPS) is 17.1. The van der Waals surface area contributed by atoms with Crippen LogP contribution in [0.5, 0.6) is 0 Å². The van der Waals surface area contributed by atoms with E-state index in [0.717, 1.165) is 34.9 Å². The highest BCUT2D eigenvalue weighted by Gasteiger charge is 2.41.